The van der Waals surface area contributed by atoms with E-state index in [1.165, 1.54) is 25.1 Å². The third-order valence-electron chi connectivity index (χ3n) is 2.65. The van der Waals surface area contributed by atoms with Crippen LogP contribution >= 0.6 is 15.9 Å². The van der Waals surface area contributed by atoms with Gasteiger partial charge in [0.15, 0.2) is 11.5 Å². The second-order valence-electron chi connectivity index (χ2n) is 4.34. The van der Waals surface area contributed by atoms with Gasteiger partial charge in [-0.3, -0.25) is 4.79 Å². The van der Waals surface area contributed by atoms with Gasteiger partial charge in [-0.1, -0.05) is 15.9 Å². The average molecular weight is 391 g/mol. The molecule has 116 valence electrons. The monoisotopic (exact) mass is 390 g/mol. The molecule has 0 bridgehead atoms. The smallest absolute Gasteiger partial charge is 0.339 e. The number of ketones is 1. The van der Waals surface area contributed by atoms with Crippen LogP contribution in [-0.2, 0) is 10.1 Å². The quantitative estimate of drug-likeness (QED) is 0.589. The normalized spacial score (nSPS) is 11.3. The predicted molar refractivity (Wildman–Crippen MR) is 78.3 cm³/mol. The average Bonchev–Trinajstić information content (AvgIpc) is 2.39. The molecule has 0 aromatic heterocycles. The Labute approximate surface area is 134 Å². The van der Waals surface area contributed by atoms with Crippen molar-refractivity contribution in [2.45, 2.75) is 11.8 Å². The van der Waals surface area contributed by atoms with E-state index in [-0.39, 0.29) is 11.3 Å². The van der Waals surface area contributed by atoms with Gasteiger partial charge >= 0.3 is 10.1 Å². The molecule has 22 heavy (non-hydrogen) atoms. The van der Waals surface area contributed by atoms with Crippen molar-refractivity contribution in [1.82, 2.24) is 0 Å². The molecule has 0 saturated carbocycles. The number of halogens is 3. The summed E-state index contributed by atoms with van der Waals surface area (Å²) < 4.78 is 55.8. The summed E-state index contributed by atoms with van der Waals surface area (Å²) in [5, 5.41) is 0. The molecular formula is C14H9BrF2O4S. The number of benzene rings is 2. The highest BCUT2D eigenvalue weighted by atomic mass is 79.9. The molecule has 0 N–H and O–H groups in total. The van der Waals surface area contributed by atoms with Crippen LogP contribution in [0.3, 0.4) is 0 Å². The van der Waals surface area contributed by atoms with Crippen molar-refractivity contribution in [3.8, 4) is 5.75 Å². The van der Waals surface area contributed by atoms with Gasteiger partial charge in [-0.2, -0.15) is 8.42 Å². The Bertz CT molecular complexity index is 830. The minimum absolute atomic E-state index is 0.0230. The summed E-state index contributed by atoms with van der Waals surface area (Å²) in [5.74, 6) is -2.74. The maximum atomic E-state index is 13.1. The fraction of sp³-hybridized carbons (Fsp3) is 0.0714. The summed E-state index contributed by atoms with van der Waals surface area (Å²) in [5.41, 5.74) is 0.0230. The highest BCUT2D eigenvalue weighted by molar-refractivity contribution is 9.10. The predicted octanol–water partition coefficient (Wildman–Crippen LogP) is 3.70. The van der Waals surface area contributed by atoms with Gasteiger partial charge in [0, 0.05) is 10.5 Å². The zero-order chi connectivity index (χ0) is 16.5. The van der Waals surface area contributed by atoms with Crippen LogP contribution in [0.5, 0.6) is 5.75 Å². The summed E-state index contributed by atoms with van der Waals surface area (Å²) in [6.45, 7) is 1.24. The fourth-order valence-corrected chi connectivity index (χ4v) is 3.04. The van der Waals surface area contributed by atoms with E-state index < -0.39 is 32.4 Å². The number of hydrogen-bond donors (Lipinski definition) is 0. The first-order valence-electron chi connectivity index (χ1n) is 5.90. The Morgan fingerprint density at radius 1 is 1.09 bits per heavy atom. The zero-order valence-corrected chi connectivity index (χ0v) is 13.5. The van der Waals surface area contributed by atoms with Crippen molar-refractivity contribution in [3.05, 3.63) is 58.1 Å². The van der Waals surface area contributed by atoms with E-state index in [0.717, 1.165) is 0 Å². The van der Waals surface area contributed by atoms with Gasteiger partial charge in [0.2, 0.25) is 0 Å². The lowest BCUT2D eigenvalue weighted by molar-refractivity contribution is 0.101. The minimum Gasteiger partial charge on any atom is -0.378 e. The second-order valence-corrected chi connectivity index (χ2v) is 6.80. The van der Waals surface area contributed by atoms with Gasteiger partial charge in [-0.05, 0) is 37.3 Å². The molecule has 8 heteroatoms. The lowest BCUT2D eigenvalue weighted by atomic mass is 10.1. The number of rotatable bonds is 4. The molecule has 2 rings (SSSR count). The van der Waals surface area contributed by atoms with Gasteiger partial charge < -0.3 is 4.18 Å². The summed E-state index contributed by atoms with van der Waals surface area (Å²) in [6.07, 6.45) is 0. The second kappa shape index (κ2) is 6.13. The van der Waals surface area contributed by atoms with E-state index in [1.807, 2.05) is 0 Å². The SMILES string of the molecule is CC(=O)c1cc(Br)ccc1OS(=O)(=O)c1cc(F)cc(F)c1. The molecule has 0 fully saturated rings. The Hall–Kier alpha value is -1.80. The van der Waals surface area contributed by atoms with Gasteiger partial charge in [0.1, 0.15) is 16.5 Å². The summed E-state index contributed by atoms with van der Waals surface area (Å²) in [4.78, 5) is 10.9. The van der Waals surface area contributed by atoms with E-state index in [2.05, 4.69) is 15.9 Å². The number of Topliss-reactive ketones (excluding diaryl/α,β-unsaturated/α-hetero) is 1. The standard InChI is InChI=1S/C14H9BrF2O4S/c1-8(18)13-4-9(15)2-3-14(13)21-22(19,20)12-6-10(16)5-11(17)7-12/h2-7H,1H3. The highest BCUT2D eigenvalue weighted by Gasteiger charge is 2.21. The summed E-state index contributed by atoms with van der Waals surface area (Å²) >= 11 is 3.15. The van der Waals surface area contributed by atoms with Gasteiger partial charge in [0.25, 0.3) is 0 Å². The Morgan fingerprint density at radius 3 is 2.23 bits per heavy atom. The first-order valence-corrected chi connectivity index (χ1v) is 8.10. The topological polar surface area (TPSA) is 60.4 Å². The number of carbonyl (C=O) groups is 1. The van der Waals surface area contributed by atoms with Crippen LogP contribution in [0.1, 0.15) is 17.3 Å². The van der Waals surface area contributed by atoms with Crippen molar-refractivity contribution in [3.63, 3.8) is 0 Å². The maximum absolute atomic E-state index is 13.1. The van der Waals surface area contributed by atoms with Gasteiger partial charge in [-0.25, -0.2) is 8.78 Å². The van der Waals surface area contributed by atoms with E-state index >= 15 is 0 Å². The number of carbonyl (C=O) groups excluding carboxylic acids is 1. The van der Waals surface area contributed by atoms with Crippen molar-refractivity contribution >= 4 is 31.8 Å². The van der Waals surface area contributed by atoms with Gasteiger partial charge in [0.05, 0.1) is 5.56 Å². The Morgan fingerprint density at radius 2 is 1.68 bits per heavy atom. The van der Waals surface area contributed by atoms with Crippen LogP contribution < -0.4 is 4.18 Å². The molecule has 2 aromatic rings. The molecule has 0 radical (unpaired) electrons. The van der Waals surface area contributed by atoms with E-state index in [9.17, 15) is 22.0 Å². The first-order chi connectivity index (χ1) is 10.2. The van der Waals surface area contributed by atoms with Crippen LogP contribution in [0, 0.1) is 11.6 Å². The molecule has 0 aliphatic rings. The Balaban J connectivity index is 2.47. The van der Waals surface area contributed by atoms with Crippen molar-refractivity contribution in [2.24, 2.45) is 0 Å². The van der Waals surface area contributed by atoms with Crippen molar-refractivity contribution in [1.29, 1.82) is 0 Å². The van der Waals surface area contributed by atoms with E-state index in [0.29, 0.717) is 22.7 Å². The molecule has 0 unspecified atom stereocenters. The fourth-order valence-electron chi connectivity index (χ4n) is 1.69. The van der Waals surface area contributed by atoms with Crippen molar-refractivity contribution < 1.29 is 26.2 Å². The molecule has 0 heterocycles. The third-order valence-corrected chi connectivity index (χ3v) is 4.35. The van der Waals surface area contributed by atoms with Gasteiger partial charge in [-0.15, -0.1) is 0 Å². The molecular weight excluding hydrogens is 382 g/mol. The highest BCUT2D eigenvalue weighted by Crippen LogP contribution is 2.27. The number of hydrogen-bond acceptors (Lipinski definition) is 4. The molecule has 0 amide bonds. The van der Waals surface area contributed by atoms with Crippen LogP contribution in [0.2, 0.25) is 0 Å². The molecule has 0 atom stereocenters. The van der Waals surface area contributed by atoms with E-state index in [4.69, 9.17) is 4.18 Å². The largest absolute Gasteiger partial charge is 0.378 e. The zero-order valence-electron chi connectivity index (χ0n) is 11.1. The minimum atomic E-state index is -4.47. The van der Waals surface area contributed by atoms with Crippen LogP contribution in [0.4, 0.5) is 8.78 Å². The van der Waals surface area contributed by atoms with E-state index in [1.54, 1.807) is 0 Å². The molecule has 4 nitrogen and oxygen atoms in total. The molecule has 0 spiro atoms. The Kier molecular flexibility index (Phi) is 4.62. The lowest BCUT2D eigenvalue weighted by Crippen LogP contribution is -2.12. The first kappa shape index (κ1) is 16.6. The molecule has 2 aromatic carbocycles. The van der Waals surface area contributed by atoms with Crippen LogP contribution in [0.25, 0.3) is 0 Å². The molecule has 0 aliphatic heterocycles. The molecule has 0 aliphatic carbocycles. The third kappa shape index (κ3) is 3.69. The summed E-state index contributed by atoms with van der Waals surface area (Å²) in [6, 6.07) is 5.94. The van der Waals surface area contributed by atoms with Crippen LogP contribution in [0.15, 0.2) is 45.8 Å². The molecule has 0 saturated heterocycles. The summed E-state index contributed by atoms with van der Waals surface area (Å²) in [7, 11) is -4.47. The lowest BCUT2D eigenvalue weighted by Gasteiger charge is -2.10. The maximum Gasteiger partial charge on any atom is 0.339 e. The van der Waals surface area contributed by atoms with Crippen LogP contribution in [-0.4, -0.2) is 14.2 Å². The van der Waals surface area contributed by atoms with Crippen molar-refractivity contribution in [2.75, 3.05) is 0 Å².